The summed E-state index contributed by atoms with van der Waals surface area (Å²) in [6.45, 7) is 5.74. The predicted octanol–water partition coefficient (Wildman–Crippen LogP) is 3.55. The molecule has 0 spiro atoms. The maximum atomic E-state index is 12.8. The predicted molar refractivity (Wildman–Crippen MR) is 51.3 cm³/mol. The topological polar surface area (TPSA) is 0 Å². The minimum Gasteiger partial charge on any atom is -0.233 e. The quantitative estimate of drug-likeness (QED) is 0.384. The second-order valence-electron chi connectivity index (χ2n) is 4.14. The van der Waals surface area contributed by atoms with Crippen LogP contribution in [-0.2, 0) is 0 Å². The van der Waals surface area contributed by atoms with E-state index in [1.54, 1.807) is 0 Å². The van der Waals surface area contributed by atoms with Gasteiger partial charge in [-0.25, -0.2) is 4.39 Å². The Balaban J connectivity index is 3.98. The van der Waals surface area contributed by atoms with Crippen LogP contribution < -0.4 is 0 Å². The Bertz CT molecular complexity index is 228. The number of rotatable bonds is 2. The summed E-state index contributed by atoms with van der Waals surface area (Å²) in [7, 11) is -1.68. The summed E-state index contributed by atoms with van der Waals surface area (Å²) in [5.74, 6) is 2.24. The Hall–Kier alpha value is -0.503. The van der Waals surface area contributed by atoms with Crippen molar-refractivity contribution >= 4 is 8.07 Å². The van der Waals surface area contributed by atoms with Crippen LogP contribution in [0, 0.1) is 11.5 Å². The van der Waals surface area contributed by atoms with Crippen molar-refractivity contribution in [3.63, 3.8) is 0 Å². The molecule has 14 heavy (non-hydrogen) atoms. The first-order valence-corrected chi connectivity index (χ1v) is 7.84. The van der Waals surface area contributed by atoms with Crippen LogP contribution in [0.15, 0.2) is 0 Å². The molecule has 0 heterocycles. The van der Waals surface area contributed by atoms with E-state index in [2.05, 4.69) is 11.5 Å². The lowest BCUT2D eigenvalue weighted by Gasteiger charge is -2.07. The molecule has 0 rings (SSSR count). The highest BCUT2D eigenvalue weighted by Gasteiger charge is 2.27. The minimum absolute atomic E-state index is 0.555. The molecule has 0 aromatic carbocycles. The Morgan fingerprint density at radius 2 is 1.71 bits per heavy atom. The Labute approximate surface area is 82.7 Å². The first-order valence-electron chi connectivity index (χ1n) is 4.34. The summed E-state index contributed by atoms with van der Waals surface area (Å²) in [5.41, 5.74) is 2.70. The van der Waals surface area contributed by atoms with Gasteiger partial charge in [0.05, 0.1) is 0 Å². The fourth-order valence-electron chi connectivity index (χ4n) is 0.657. The molecule has 82 valence electrons. The van der Waals surface area contributed by atoms with E-state index in [0.717, 1.165) is 0 Å². The third-order valence-electron chi connectivity index (χ3n) is 1.29. The second-order valence-corrected chi connectivity index (χ2v) is 8.89. The molecule has 0 aliphatic rings. The molecule has 0 saturated carbocycles. The SMILES string of the molecule is C[Si](C)(C)C#CC(F)CCC(F)(F)F. The van der Waals surface area contributed by atoms with Gasteiger partial charge in [0.25, 0.3) is 0 Å². The van der Waals surface area contributed by atoms with Crippen LogP contribution >= 0.6 is 0 Å². The fourth-order valence-corrected chi connectivity index (χ4v) is 1.25. The molecule has 0 N–H and O–H groups in total. The lowest BCUT2D eigenvalue weighted by molar-refractivity contribution is -0.137. The van der Waals surface area contributed by atoms with Gasteiger partial charge in [0, 0.05) is 6.42 Å². The molecule has 0 aromatic heterocycles. The van der Waals surface area contributed by atoms with Crippen LogP contribution in [0.4, 0.5) is 17.6 Å². The molecule has 5 heteroatoms. The van der Waals surface area contributed by atoms with E-state index in [1.807, 2.05) is 19.6 Å². The molecule has 1 atom stereocenters. The van der Waals surface area contributed by atoms with Gasteiger partial charge < -0.3 is 0 Å². The van der Waals surface area contributed by atoms with Crippen LogP contribution in [0.1, 0.15) is 12.8 Å². The molecule has 0 nitrogen and oxygen atoms in total. The van der Waals surface area contributed by atoms with E-state index in [1.165, 1.54) is 0 Å². The highest BCUT2D eigenvalue weighted by molar-refractivity contribution is 6.83. The second kappa shape index (κ2) is 4.83. The van der Waals surface area contributed by atoms with Gasteiger partial charge in [0.2, 0.25) is 0 Å². The third-order valence-corrected chi connectivity index (χ3v) is 2.18. The molecule has 0 radical (unpaired) electrons. The first-order chi connectivity index (χ1) is 6.10. The van der Waals surface area contributed by atoms with Gasteiger partial charge in [-0.3, -0.25) is 0 Å². The van der Waals surface area contributed by atoms with Crippen molar-refractivity contribution < 1.29 is 17.6 Å². The Morgan fingerprint density at radius 3 is 2.07 bits per heavy atom. The summed E-state index contributed by atoms with van der Waals surface area (Å²) >= 11 is 0. The molecule has 0 fully saturated rings. The standard InChI is InChI=1S/C9H14F4Si/c1-14(2,3)7-5-8(10)4-6-9(11,12)13/h8H,4,6H2,1-3H3. The monoisotopic (exact) mass is 226 g/mol. The summed E-state index contributed by atoms with van der Waals surface area (Å²) in [5, 5.41) is 0. The smallest absolute Gasteiger partial charge is 0.233 e. The molecular formula is C9H14F4Si. The van der Waals surface area contributed by atoms with Crippen molar-refractivity contribution in [2.24, 2.45) is 0 Å². The number of hydrogen-bond acceptors (Lipinski definition) is 0. The van der Waals surface area contributed by atoms with E-state index >= 15 is 0 Å². The zero-order valence-corrected chi connectivity index (χ0v) is 9.50. The Morgan fingerprint density at radius 1 is 1.21 bits per heavy atom. The zero-order valence-electron chi connectivity index (χ0n) is 8.50. The van der Waals surface area contributed by atoms with E-state index in [0.29, 0.717) is 0 Å². The highest BCUT2D eigenvalue weighted by Crippen LogP contribution is 2.22. The molecule has 0 aliphatic carbocycles. The van der Waals surface area contributed by atoms with Crippen molar-refractivity contribution in [2.45, 2.75) is 44.8 Å². The van der Waals surface area contributed by atoms with Crippen molar-refractivity contribution in [1.29, 1.82) is 0 Å². The average molecular weight is 226 g/mol. The van der Waals surface area contributed by atoms with Crippen molar-refractivity contribution in [1.82, 2.24) is 0 Å². The maximum absolute atomic E-state index is 12.8. The van der Waals surface area contributed by atoms with Crippen molar-refractivity contribution in [3.8, 4) is 11.5 Å². The highest BCUT2D eigenvalue weighted by atomic mass is 28.3. The van der Waals surface area contributed by atoms with Crippen LogP contribution in [0.3, 0.4) is 0 Å². The molecule has 0 amide bonds. The van der Waals surface area contributed by atoms with E-state index < -0.39 is 33.3 Å². The maximum Gasteiger partial charge on any atom is 0.389 e. The summed E-state index contributed by atoms with van der Waals surface area (Å²) in [6, 6.07) is 0. The van der Waals surface area contributed by atoms with Gasteiger partial charge in [-0.2, -0.15) is 13.2 Å². The van der Waals surface area contributed by atoms with Gasteiger partial charge in [-0.1, -0.05) is 25.6 Å². The summed E-state index contributed by atoms with van der Waals surface area (Å²) in [4.78, 5) is 0. The average Bonchev–Trinajstić information content (AvgIpc) is 1.94. The summed E-state index contributed by atoms with van der Waals surface area (Å²) < 4.78 is 47.9. The van der Waals surface area contributed by atoms with Gasteiger partial charge in [-0.15, -0.1) is 5.54 Å². The fraction of sp³-hybridized carbons (Fsp3) is 0.778. The summed E-state index contributed by atoms with van der Waals surface area (Å²) in [6.07, 6.45) is -7.59. The van der Waals surface area contributed by atoms with Crippen LogP contribution in [0.2, 0.25) is 19.6 Å². The molecular weight excluding hydrogens is 212 g/mol. The van der Waals surface area contributed by atoms with Crippen LogP contribution in [0.5, 0.6) is 0 Å². The van der Waals surface area contributed by atoms with Crippen molar-refractivity contribution in [2.75, 3.05) is 0 Å². The zero-order chi connectivity index (χ0) is 11.4. The van der Waals surface area contributed by atoms with E-state index in [9.17, 15) is 17.6 Å². The van der Waals surface area contributed by atoms with Crippen LogP contribution in [0.25, 0.3) is 0 Å². The van der Waals surface area contributed by atoms with Gasteiger partial charge >= 0.3 is 6.18 Å². The molecule has 0 bridgehead atoms. The number of halogens is 4. The lowest BCUT2D eigenvalue weighted by Crippen LogP contribution is -2.17. The first kappa shape index (κ1) is 13.5. The molecule has 0 aromatic rings. The normalized spacial score (nSPS) is 14.5. The van der Waals surface area contributed by atoms with Crippen LogP contribution in [-0.4, -0.2) is 20.4 Å². The van der Waals surface area contributed by atoms with Gasteiger partial charge in [-0.05, 0) is 6.42 Å². The van der Waals surface area contributed by atoms with E-state index in [-0.39, 0.29) is 0 Å². The van der Waals surface area contributed by atoms with Gasteiger partial charge in [0.1, 0.15) is 8.07 Å². The lowest BCUT2D eigenvalue weighted by atomic mass is 10.2. The molecule has 1 unspecified atom stereocenters. The van der Waals surface area contributed by atoms with Crippen molar-refractivity contribution in [3.05, 3.63) is 0 Å². The number of alkyl halides is 4. The minimum atomic E-state index is -4.29. The number of hydrogen-bond donors (Lipinski definition) is 0. The van der Waals surface area contributed by atoms with E-state index in [4.69, 9.17) is 0 Å². The third kappa shape index (κ3) is 9.58. The molecule has 0 aliphatic heterocycles. The van der Waals surface area contributed by atoms with Gasteiger partial charge in [0.15, 0.2) is 6.17 Å². The molecule has 0 saturated heterocycles. The largest absolute Gasteiger partial charge is 0.389 e. The Kier molecular flexibility index (Phi) is 4.65.